The Hall–Kier alpha value is -1.07. The van der Waals surface area contributed by atoms with Gasteiger partial charge in [-0.3, -0.25) is 0 Å². The molecule has 20 saturated carbocycles. The van der Waals surface area contributed by atoms with Gasteiger partial charge in [0.15, 0.2) is 0 Å². The van der Waals surface area contributed by atoms with Crippen LogP contribution in [0.15, 0.2) is 60.8 Å². The minimum atomic E-state index is -2.60. The van der Waals surface area contributed by atoms with E-state index in [2.05, 4.69) is 113 Å². The van der Waals surface area contributed by atoms with Gasteiger partial charge in [0, 0.05) is 10.7 Å². The molecule has 20 aliphatic carbocycles. The molecule has 0 unspecified atom stereocenters. The van der Waals surface area contributed by atoms with E-state index < -0.39 is 60.9 Å². The molecule has 40 atom stereocenters. The average Bonchev–Trinajstić information content (AvgIpc) is 1.60. The van der Waals surface area contributed by atoms with Crippen LogP contribution in [0.2, 0.25) is 0 Å². The lowest BCUT2D eigenvalue weighted by atomic mass is 9.48. The van der Waals surface area contributed by atoms with Gasteiger partial charge in [-0.2, -0.15) is 0 Å². The van der Waals surface area contributed by atoms with Crippen molar-refractivity contribution in [1.82, 2.24) is 0 Å². The van der Waals surface area contributed by atoms with Crippen LogP contribution in [0.1, 0.15) is 337 Å². The summed E-state index contributed by atoms with van der Waals surface area (Å²) in [6.45, 7) is 36.9. The third kappa shape index (κ3) is 17.5. The largest absolute Gasteiger partial charge is 0.392 e. The summed E-state index contributed by atoms with van der Waals surface area (Å²) in [6, 6.07) is 0. The summed E-state index contributed by atoms with van der Waals surface area (Å²) >= 11 is 7.26. The zero-order valence-electron chi connectivity index (χ0n) is 78.7. The van der Waals surface area contributed by atoms with Gasteiger partial charge in [-0.05, 0) is 513 Å². The van der Waals surface area contributed by atoms with Crippen molar-refractivity contribution < 1.29 is 61.4 Å². The first-order chi connectivity index (χ1) is 59.3. The van der Waals surface area contributed by atoms with E-state index >= 15 is 0 Å². The number of hydrogen-bond acceptors (Lipinski definition) is 6. The number of aliphatic hydroxyl groups excluding tert-OH is 1. The topological polar surface area (TPSA) is 121 Å². The molecule has 0 radical (unpaired) electrons. The van der Waals surface area contributed by atoms with Crippen LogP contribution >= 0.6 is 31.9 Å². The molecule has 15 heteroatoms. The van der Waals surface area contributed by atoms with Gasteiger partial charge in [-0.1, -0.05) is 122 Å². The van der Waals surface area contributed by atoms with Crippen molar-refractivity contribution in [2.24, 2.45) is 205 Å². The molecule has 0 aliphatic heterocycles. The summed E-state index contributed by atoms with van der Waals surface area (Å²) < 4.78 is 93.0. The van der Waals surface area contributed by atoms with Crippen LogP contribution < -0.4 is 0 Å². The third-order valence-corrected chi connectivity index (χ3v) is 46.6. The van der Waals surface area contributed by atoms with Crippen LogP contribution in [0.5, 0.6) is 0 Å². The minimum absolute atomic E-state index is 0.133. The minimum Gasteiger partial charge on any atom is -0.392 e. The molecular weight excluding hydrogens is 1710 g/mol. The predicted octanol–water partition coefficient (Wildman–Crippen LogP) is 28.0. The SMILES string of the molecule is C=C(C)[C@H]1CC[C@H]2[C@@H]3CC[C@H]4C[C@@](O)(C(F)F)CC[C@@H]4[C@H]3CC[C@]12C.C=C(C)[C@H]1CC[C@H]2[C@@H]3CC[C@H]4C[C@@](O)(CF)CC[C@@H]4[C@H]3CC[C@]12C.C=C(CBr)[C@H]1CC[C@H]2[C@@H]3CC[C@H]4C[C@@](O)(C(F)F)CC[C@@H]4[C@H]3CC[C@]12C.C=C(CBr)[C@H]1CC[C@H]2[C@@H]3CC[C@H]4C[C@@](O)(CF)CC[C@@H]4[C@H]3CC[C@]12C.C=C(CO)[C@H]1CC[C@H]2[C@@H]3CC[C@H]4C[C@@](O)(CF)CC[C@@H]4[C@H]3CC[C@]12C. The van der Waals surface area contributed by atoms with Crippen molar-refractivity contribution in [3.8, 4) is 0 Å². The van der Waals surface area contributed by atoms with Crippen LogP contribution in [0.4, 0.5) is 30.7 Å². The zero-order valence-corrected chi connectivity index (χ0v) is 81.8. The van der Waals surface area contributed by atoms with Crippen molar-refractivity contribution in [2.75, 3.05) is 37.3 Å². The molecule has 0 aromatic rings. The second-order valence-electron chi connectivity index (χ2n) is 50.2. The maximum atomic E-state index is 13.3. The van der Waals surface area contributed by atoms with Gasteiger partial charge in [0.2, 0.25) is 0 Å². The first kappa shape index (κ1) is 97.0. The van der Waals surface area contributed by atoms with Crippen molar-refractivity contribution in [2.45, 2.75) is 378 Å². The van der Waals surface area contributed by atoms with Crippen LogP contribution in [0.3, 0.4) is 0 Å². The van der Waals surface area contributed by atoms with Gasteiger partial charge >= 0.3 is 0 Å². The molecular formula is C110H171Br2F7O6. The maximum absolute atomic E-state index is 13.3. The van der Waals surface area contributed by atoms with E-state index in [9.17, 15) is 61.4 Å². The number of aliphatic hydroxyl groups is 6. The van der Waals surface area contributed by atoms with Crippen molar-refractivity contribution >= 4 is 31.9 Å². The summed E-state index contributed by atoms with van der Waals surface area (Å²) in [6.07, 6.45) is 42.9. The first-order valence-electron chi connectivity index (χ1n) is 52.2. The van der Waals surface area contributed by atoms with Gasteiger partial charge < -0.3 is 30.6 Å². The molecule has 0 heterocycles. The Balaban J connectivity index is 0.000000115. The molecule has 6 N–H and O–H groups in total. The number of halogens is 9. The zero-order chi connectivity index (χ0) is 89.4. The van der Waals surface area contributed by atoms with E-state index in [4.69, 9.17) is 0 Å². The highest BCUT2D eigenvalue weighted by molar-refractivity contribution is 9.09. The molecule has 0 aromatic heterocycles. The second kappa shape index (κ2) is 37.4. The monoisotopic (exact) mass is 1880 g/mol. The highest BCUT2D eigenvalue weighted by Gasteiger charge is 2.66. The predicted molar refractivity (Wildman–Crippen MR) is 499 cm³/mol. The molecule has 710 valence electrons. The number of hydrogen-bond donors (Lipinski definition) is 6. The Kier molecular flexibility index (Phi) is 29.1. The standard InChI is InChI=1S/C22H33BrF2O.C22H34BrFO.C22H34F2O.C22H35FO2.C22H35FO/c1-13(12-23)18-5-6-19-17-4-3-14-11-22(26,20(24)25)10-8-15(14)16(17)7-9-21(18,19)2;1-14(12-23)19-5-6-20-18-4-3-15-11-22(25,13-24)10-8-16(15)17(18)7-9-21(19,20)2;1-13(2)18-6-7-19-17-5-4-14-12-22(25,20(23)24)11-9-15(14)16(17)8-10-21(18,19)3;1-14(12-24)19-5-6-20-18-4-3-15-11-22(25,13-23)10-8-16(15)17(18)7-9-21(19,20)2;1-14(2)19-6-7-20-18-5-4-15-12-22(24,13-23)11-9-16(15)17(18)8-10-21(19,20)3/h14-20,26H,1,3-12H2,2H3;15-20,25H,1,3-13H2,2H3;14-20,25H,1,4-12H2,2-3H3;15-20,24-25H,1,3-13H2,2H3;15-20,24H,1,4-13H2,2-3H3/t14-,15-,16+,17+,18+,19-,21+,22+;15-,16-,17+,18+,19+,20-,21+,22+;14-,15-,16+,17+,18+,19-,21+,22+;2*15-,16-,17+,18+,19+,20-,21+,22+/m00000/s1. The fourth-order valence-corrected chi connectivity index (χ4v) is 40.2. The summed E-state index contributed by atoms with van der Waals surface area (Å²) in [7, 11) is 0. The maximum Gasteiger partial charge on any atom is 0.266 e. The molecule has 125 heavy (non-hydrogen) atoms. The van der Waals surface area contributed by atoms with Gasteiger partial charge in [0.25, 0.3) is 12.9 Å². The fourth-order valence-electron chi connectivity index (χ4n) is 39.4. The van der Waals surface area contributed by atoms with Gasteiger partial charge in [0.05, 0.1) is 23.4 Å². The lowest BCUT2D eigenvalue weighted by Gasteiger charge is -2.57. The first-order valence-corrected chi connectivity index (χ1v) is 54.4. The highest BCUT2D eigenvalue weighted by atomic mass is 79.9. The van der Waals surface area contributed by atoms with Crippen molar-refractivity contribution in [3.05, 3.63) is 60.8 Å². The van der Waals surface area contributed by atoms with Gasteiger partial charge in [-0.15, -0.1) is 0 Å². The van der Waals surface area contributed by atoms with Gasteiger partial charge in [-0.25, -0.2) is 30.7 Å². The lowest BCUT2D eigenvalue weighted by molar-refractivity contribution is -0.158. The summed E-state index contributed by atoms with van der Waals surface area (Å²) in [5, 5.41) is 63.4. The summed E-state index contributed by atoms with van der Waals surface area (Å²) in [4.78, 5) is 0. The second-order valence-corrected chi connectivity index (χ2v) is 51.4. The van der Waals surface area contributed by atoms with Crippen LogP contribution in [-0.4, -0.2) is 109 Å². The van der Waals surface area contributed by atoms with E-state index in [1.165, 1.54) is 202 Å². The van der Waals surface area contributed by atoms with E-state index in [1.807, 2.05) is 0 Å². The Morgan fingerprint density at radius 2 is 0.496 bits per heavy atom. The molecule has 20 rings (SSSR count). The lowest BCUT2D eigenvalue weighted by Crippen LogP contribution is -2.52. The Bertz CT molecular complexity index is 3710. The summed E-state index contributed by atoms with van der Waals surface area (Å²) in [5.41, 5.74) is 2.15. The Morgan fingerprint density at radius 3 is 0.720 bits per heavy atom. The highest BCUT2D eigenvalue weighted by Crippen LogP contribution is 2.73. The number of alkyl halides is 9. The quantitative estimate of drug-likeness (QED) is 0.0621. The average molecular weight is 1880 g/mol. The molecule has 0 saturated heterocycles. The Labute approximate surface area is 769 Å². The van der Waals surface area contributed by atoms with Crippen LogP contribution in [0.25, 0.3) is 0 Å². The van der Waals surface area contributed by atoms with E-state index in [0.29, 0.717) is 174 Å². The van der Waals surface area contributed by atoms with E-state index in [0.717, 1.165) is 156 Å². The molecule has 0 amide bonds. The molecule has 20 aliphatic rings. The van der Waals surface area contributed by atoms with Crippen LogP contribution in [-0.2, 0) is 0 Å². The summed E-state index contributed by atoms with van der Waals surface area (Å²) in [5.74, 6) is 20.9. The third-order valence-electron chi connectivity index (χ3n) is 45.2. The van der Waals surface area contributed by atoms with Crippen molar-refractivity contribution in [3.63, 3.8) is 0 Å². The number of allylic oxidation sites excluding steroid dienone is 4. The fraction of sp³-hybridized carbons (Fsp3) is 0.909. The molecule has 20 fully saturated rings. The molecule has 0 aromatic carbocycles. The number of fused-ring (bicyclic) bond motifs is 25. The Morgan fingerprint density at radius 1 is 0.280 bits per heavy atom. The van der Waals surface area contributed by atoms with Gasteiger partial charge in [0.1, 0.15) is 31.2 Å². The number of rotatable bonds is 13. The smallest absolute Gasteiger partial charge is 0.266 e. The van der Waals surface area contributed by atoms with E-state index in [-0.39, 0.29) is 6.61 Å². The normalized spacial score (nSPS) is 52.3. The molecule has 0 spiro atoms. The molecule has 6 nitrogen and oxygen atoms in total. The van der Waals surface area contributed by atoms with Crippen LogP contribution in [0, 0.1) is 205 Å². The van der Waals surface area contributed by atoms with E-state index in [1.54, 1.807) is 0 Å². The molecule has 0 bridgehead atoms. The van der Waals surface area contributed by atoms with Crippen molar-refractivity contribution in [1.29, 1.82) is 0 Å².